The van der Waals surface area contributed by atoms with Crippen LogP contribution in [0.4, 0.5) is 0 Å². The molecule has 0 spiro atoms. The Morgan fingerprint density at radius 1 is 1.38 bits per heavy atom. The van der Waals surface area contributed by atoms with Crippen LogP contribution in [0.25, 0.3) is 0 Å². The molecule has 0 aromatic carbocycles. The van der Waals surface area contributed by atoms with Crippen LogP contribution in [0.3, 0.4) is 0 Å². The zero-order valence-electron chi connectivity index (χ0n) is 10.1. The van der Waals surface area contributed by atoms with Gasteiger partial charge < -0.3 is 10.1 Å². The first kappa shape index (κ1) is 13.9. The lowest BCUT2D eigenvalue weighted by Crippen LogP contribution is -2.23. The Hall–Kier alpha value is -0.130. The Bertz CT molecular complexity index is 271. The molecule has 1 N–H and O–H groups in total. The lowest BCUT2D eigenvalue weighted by Gasteiger charge is -2.10. The lowest BCUT2D eigenvalue weighted by atomic mass is 10.3. The highest BCUT2D eigenvalue weighted by atomic mass is 32.2. The monoisotopic (exact) mass is 249 g/mol. The van der Waals surface area contributed by atoms with Crippen LogP contribution in [0.5, 0.6) is 0 Å². The minimum Gasteiger partial charge on any atom is -0.377 e. The predicted octanol–water partition coefficient (Wildman–Crippen LogP) is 0.970. The number of rotatable bonds is 8. The van der Waals surface area contributed by atoms with Gasteiger partial charge in [0.2, 0.25) is 0 Å². The van der Waals surface area contributed by atoms with Crippen molar-refractivity contribution in [2.24, 2.45) is 0 Å². The maximum absolute atomic E-state index is 11.7. The Balaban J connectivity index is 2.13. The molecule has 0 radical (unpaired) electrons. The van der Waals surface area contributed by atoms with Crippen molar-refractivity contribution in [1.29, 1.82) is 0 Å². The van der Waals surface area contributed by atoms with Gasteiger partial charge in [-0.3, -0.25) is 0 Å². The molecule has 0 saturated carbocycles. The average molecular weight is 249 g/mol. The van der Waals surface area contributed by atoms with Gasteiger partial charge in [0.15, 0.2) is 9.84 Å². The first-order chi connectivity index (χ1) is 7.64. The number of ether oxygens (including phenoxy) is 1. The molecule has 1 heterocycles. The van der Waals surface area contributed by atoms with Gasteiger partial charge in [-0.05, 0) is 38.8 Å². The predicted molar refractivity (Wildman–Crippen MR) is 65.4 cm³/mol. The minimum atomic E-state index is -2.90. The van der Waals surface area contributed by atoms with E-state index in [2.05, 4.69) is 5.32 Å². The molecule has 1 rings (SSSR count). The Morgan fingerprint density at radius 2 is 2.19 bits per heavy atom. The second-order valence-electron chi connectivity index (χ2n) is 4.31. The number of hydrogen-bond donors (Lipinski definition) is 1. The fourth-order valence-corrected chi connectivity index (χ4v) is 3.53. The van der Waals surface area contributed by atoms with E-state index < -0.39 is 9.84 Å². The van der Waals surface area contributed by atoms with Crippen molar-refractivity contribution in [3.63, 3.8) is 0 Å². The van der Waals surface area contributed by atoms with Gasteiger partial charge in [0, 0.05) is 6.61 Å². The topological polar surface area (TPSA) is 55.4 Å². The summed E-state index contributed by atoms with van der Waals surface area (Å²) in [6.07, 6.45) is 3.54. The van der Waals surface area contributed by atoms with E-state index in [0.717, 1.165) is 45.4 Å². The molecule has 0 aliphatic carbocycles. The molecule has 4 nitrogen and oxygen atoms in total. The molecule has 1 aliphatic rings. The van der Waals surface area contributed by atoms with Crippen molar-refractivity contribution in [2.45, 2.75) is 38.7 Å². The van der Waals surface area contributed by atoms with Crippen LogP contribution >= 0.6 is 0 Å². The van der Waals surface area contributed by atoms with Crippen LogP contribution < -0.4 is 5.32 Å². The van der Waals surface area contributed by atoms with E-state index in [1.54, 1.807) is 0 Å². The van der Waals surface area contributed by atoms with E-state index in [9.17, 15) is 8.42 Å². The summed E-state index contributed by atoms with van der Waals surface area (Å²) in [5.74, 6) is 0.520. The number of unbranched alkanes of at least 4 members (excludes halogenated alkanes) is 1. The van der Waals surface area contributed by atoms with E-state index in [1.165, 1.54) is 0 Å². The molecule has 0 aromatic rings. The fourth-order valence-electron chi connectivity index (χ4n) is 1.89. The third kappa shape index (κ3) is 5.82. The summed E-state index contributed by atoms with van der Waals surface area (Å²) in [6, 6.07) is 0. The standard InChI is InChI=1S/C11H23NO3S/c1-2-12-7-3-4-9-16(13,14)10-11-6-5-8-15-11/h11-12H,2-10H2,1H3. The maximum Gasteiger partial charge on any atom is 0.152 e. The molecule has 1 unspecified atom stereocenters. The molecule has 1 saturated heterocycles. The summed E-state index contributed by atoms with van der Waals surface area (Å²) in [6.45, 7) is 4.63. The van der Waals surface area contributed by atoms with Gasteiger partial charge in [0.1, 0.15) is 0 Å². The summed E-state index contributed by atoms with van der Waals surface area (Å²) in [7, 11) is -2.90. The van der Waals surface area contributed by atoms with E-state index in [-0.39, 0.29) is 11.9 Å². The molecule has 0 aromatic heterocycles. The summed E-state index contributed by atoms with van der Waals surface area (Å²) < 4.78 is 28.8. The van der Waals surface area contributed by atoms with Crippen LogP contribution in [-0.4, -0.2) is 45.7 Å². The van der Waals surface area contributed by atoms with Crippen LogP contribution in [-0.2, 0) is 14.6 Å². The van der Waals surface area contributed by atoms with Gasteiger partial charge in [-0.25, -0.2) is 8.42 Å². The smallest absolute Gasteiger partial charge is 0.152 e. The van der Waals surface area contributed by atoms with Crippen LogP contribution in [0.2, 0.25) is 0 Å². The van der Waals surface area contributed by atoms with Crippen molar-refractivity contribution in [2.75, 3.05) is 31.2 Å². The van der Waals surface area contributed by atoms with Crippen molar-refractivity contribution in [3.8, 4) is 0 Å². The molecule has 5 heteroatoms. The number of hydrogen-bond acceptors (Lipinski definition) is 4. The number of sulfone groups is 1. The summed E-state index contributed by atoms with van der Waals surface area (Å²) in [4.78, 5) is 0. The summed E-state index contributed by atoms with van der Waals surface area (Å²) in [5.41, 5.74) is 0. The van der Waals surface area contributed by atoms with Gasteiger partial charge in [-0.15, -0.1) is 0 Å². The molecule has 1 fully saturated rings. The highest BCUT2D eigenvalue weighted by Gasteiger charge is 2.22. The van der Waals surface area contributed by atoms with Crippen molar-refractivity contribution < 1.29 is 13.2 Å². The molecular formula is C11H23NO3S. The Labute approximate surface area is 98.7 Å². The quantitative estimate of drug-likeness (QED) is 0.651. The van der Waals surface area contributed by atoms with Gasteiger partial charge in [0.25, 0.3) is 0 Å². The highest BCUT2D eigenvalue weighted by Crippen LogP contribution is 2.14. The van der Waals surface area contributed by atoms with Crippen LogP contribution in [0.15, 0.2) is 0 Å². The van der Waals surface area contributed by atoms with E-state index in [0.29, 0.717) is 5.75 Å². The van der Waals surface area contributed by atoms with Crippen LogP contribution in [0.1, 0.15) is 32.6 Å². The van der Waals surface area contributed by atoms with E-state index in [1.807, 2.05) is 6.92 Å². The zero-order valence-corrected chi connectivity index (χ0v) is 10.9. The minimum absolute atomic E-state index is 0.0428. The third-order valence-corrected chi connectivity index (χ3v) is 4.56. The SMILES string of the molecule is CCNCCCCS(=O)(=O)CC1CCCO1. The van der Waals surface area contributed by atoms with Gasteiger partial charge in [0.05, 0.1) is 17.6 Å². The van der Waals surface area contributed by atoms with E-state index >= 15 is 0 Å². The van der Waals surface area contributed by atoms with Gasteiger partial charge in [-0.2, -0.15) is 0 Å². The summed E-state index contributed by atoms with van der Waals surface area (Å²) in [5, 5.41) is 3.19. The second kappa shape index (κ2) is 7.25. The molecule has 1 aliphatic heterocycles. The largest absolute Gasteiger partial charge is 0.377 e. The Kier molecular flexibility index (Phi) is 6.31. The Morgan fingerprint density at radius 3 is 2.81 bits per heavy atom. The van der Waals surface area contributed by atoms with E-state index in [4.69, 9.17) is 4.74 Å². The molecule has 0 bridgehead atoms. The van der Waals surface area contributed by atoms with Crippen molar-refractivity contribution in [1.82, 2.24) is 5.32 Å². The van der Waals surface area contributed by atoms with Gasteiger partial charge in [-0.1, -0.05) is 6.92 Å². The number of nitrogens with one attached hydrogen (secondary N) is 1. The van der Waals surface area contributed by atoms with Gasteiger partial charge >= 0.3 is 0 Å². The normalized spacial score (nSPS) is 21.4. The second-order valence-corrected chi connectivity index (χ2v) is 6.54. The third-order valence-electron chi connectivity index (χ3n) is 2.77. The molecular weight excluding hydrogens is 226 g/mol. The molecule has 1 atom stereocenters. The average Bonchev–Trinajstić information content (AvgIpc) is 2.69. The van der Waals surface area contributed by atoms with Crippen LogP contribution in [0, 0.1) is 0 Å². The lowest BCUT2D eigenvalue weighted by molar-refractivity contribution is 0.127. The molecule has 0 amide bonds. The fraction of sp³-hybridized carbons (Fsp3) is 1.00. The maximum atomic E-state index is 11.7. The first-order valence-electron chi connectivity index (χ1n) is 6.17. The van der Waals surface area contributed by atoms with Crippen molar-refractivity contribution in [3.05, 3.63) is 0 Å². The zero-order chi connectivity index (χ0) is 11.9. The summed E-state index contributed by atoms with van der Waals surface area (Å²) >= 11 is 0. The molecule has 96 valence electrons. The van der Waals surface area contributed by atoms with Crippen molar-refractivity contribution >= 4 is 9.84 Å². The first-order valence-corrected chi connectivity index (χ1v) is 7.99. The highest BCUT2D eigenvalue weighted by molar-refractivity contribution is 7.91. The molecule has 16 heavy (non-hydrogen) atoms.